The number of ether oxygens (including phenoxy) is 1. The first kappa shape index (κ1) is 21.1. The number of rotatable bonds is 6. The highest BCUT2D eigenvalue weighted by molar-refractivity contribution is 8.00. The number of aromatic nitrogens is 2. The van der Waals surface area contributed by atoms with Crippen LogP contribution >= 0.6 is 23.5 Å². The van der Waals surface area contributed by atoms with Crippen LogP contribution in [-0.2, 0) is 11.2 Å². The molecule has 1 aromatic heterocycles. The maximum absolute atomic E-state index is 11.7. The van der Waals surface area contributed by atoms with Crippen LogP contribution in [0.2, 0.25) is 5.15 Å². The number of nitrogens with zero attached hydrogens (tertiary/aromatic N) is 2. The number of benzene rings is 2. The lowest BCUT2D eigenvalue weighted by molar-refractivity contribution is 0.0600. The average Bonchev–Trinajstić information content (AvgIpc) is 2.71. The molecule has 29 heavy (non-hydrogen) atoms. The number of carbonyl (C=O) groups is 1. The van der Waals surface area contributed by atoms with Crippen LogP contribution in [-0.4, -0.2) is 23.0 Å². The quantitative estimate of drug-likeness (QED) is 0.301. The van der Waals surface area contributed by atoms with E-state index in [1.165, 1.54) is 19.1 Å². The van der Waals surface area contributed by atoms with Crippen molar-refractivity contribution in [2.45, 2.75) is 32.1 Å². The molecule has 0 bridgehead atoms. The number of hydrogen-bond acceptors (Lipinski definition) is 6. The van der Waals surface area contributed by atoms with Gasteiger partial charge >= 0.3 is 5.97 Å². The molecule has 3 rings (SSSR count). The largest absolute Gasteiger partial charge is 0.465 e. The number of methoxy groups -OCH3 is 1. The first-order valence-corrected chi connectivity index (χ1v) is 10.4. The number of anilines is 1. The first-order chi connectivity index (χ1) is 13.9. The zero-order valence-corrected chi connectivity index (χ0v) is 18.3. The van der Waals surface area contributed by atoms with Crippen LogP contribution in [0.3, 0.4) is 0 Å². The predicted octanol–water partition coefficient (Wildman–Crippen LogP) is 5.88. The number of aryl methyl sites for hydroxylation is 2. The Hall–Kier alpha value is -2.57. The number of halogens is 1. The van der Waals surface area contributed by atoms with Gasteiger partial charge in [0, 0.05) is 16.0 Å². The molecule has 0 atom stereocenters. The van der Waals surface area contributed by atoms with Crippen molar-refractivity contribution in [2.75, 3.05) is 11.8 Å². The number of esters is 1. The minimum atomic E-state index is -0.378. The van der Waals surface area contributed by atoms with E-state index in [-0.39, 0.29) is 5.97 Å². The van der Waals surface area contributed by atoms with E-state index in [0.717, 1.165) is 39.3 Å². The van der Waals surface area contributed by atoms with E-state index >= 15 is 0 Å². The summed E-state index contributed by atoms with van der Waals surface area (Å²) >= 11 is 7.80. The molecule has 3 aromatic rings. The van der Waals surface area contributed by atoms with Crippen molar-refractivity contribution in [1.82, 2.24) is 9.97 Å². The van der Waals surface area contributed by atoms with E-state index in [1.807, 2.05) is 19.1 Å². The summed E-state index contributed by atoms with van der Waals surface area (Å²) in [4.78, 5) is 21.7. The summed E-state index contributed by atoms with van der Waals surface area (Å²) in [6.45, 7) is 6.18. The normalized spacial score (nSPS) is 10.7. The van der Waals surface area contributed by atoms with Crippen molar-refractivity contribution in [3.05, 3.63) is 69.9 Å². The molecular weight excluding hydrogens is 406 g/mol. The average molecular weight is 428 g/mol. The van der Waals surface area contributed by atoms with Crippen LogP contribution in [0.4, 0.5) is 5.95 Å². The summed E-state index contributed by atoms with van der Waals surface area (Å²) in [7, 11) is 1.36. The van der Waals surface area contributed by atoms with Crippen LogP contribution in [0, 0.1) is 13.8 Å². The van der Waals surface area contributed by atoms with Crippen LogP contribution < -0.4 is 4.72 Å². The molecule has 0 saturated carbocycles. The molecule has 0 aliphatic rings. The second-order valence-electron chi connectivity index (χ2n) is 6.51. The van der Waals surface area contributed by atoms with Crippen LogP contribution in [0.1, 0.15) is 34.0 Å². The highest BCUT2D eigenvalue weighted by atomic mass is 35.5. The number of hydrogen-bond donors (Lipinski definition) is 1. The van der Waals surface area contributed by atoms with E-state index in [1.54, 1.807) is 18.2 Å². The molecule has 5 nitrogen and oxygen atoms in total. The van der Waals surface area contributed by atoms with Crippen molar-refractivity contribution in [3.63, 3.8) is 0 Å². The summed E-state index contributed by atoms with van der Waals surface area (Å²) in [6, 6.07) is 13.3. The predicted molar refractivity (Wildman–Crippen MR) is 119 cm³/mol. The molecular formula is C22H22ClN3O2S. The Balaban J connectivity index is 1.94. The first-order valence-electron chi connectivity index (χ1n) is 9.18. The third-order valence-electron chi connectivity index (χ3n) is 4.54. The molecule has 0 amide bonds. The van der Waals surface area contributed by atoms with Crippen molar-refractivity contribution >= 4 is 35.5 Å². The molecule has 150 valence electrons. The molecule has 0 aliphatic carbocycles. The van der Waals surface area contributed by atoms with Crippen LogP contribution in [0.15, 0.2) is 47.4 Å². The van der Waals surface area contributed by atoms with E-state index in [9.17, 15) is 4.79 Å². The zero-order valence-electron chi connectivity index (χ0n) is 16.7. The Bertz CT molecular complexity index is 1040. The van der Waals surface area contributed by atoms with Gasteiger partial charge in [0.25, 0.3) is 0 Å². The molecule has 0 saturated heterocycles. The smallest absolute Gasteiger partial charge is 0.337 e. The van der Waals surface area contributed by atoms with Crippen molar-refractivity contribution in [2.24, 2.45) is 0 Å². The molecule has 1 N–H and O–H groups in total. The molecule has 2 aromatic carbocycles. The Morgan fingerprint density at radius 3 is 2.48 bits per heavy atom. The molecule has 0 aliphatic heterocycles. The lowest BCUT2D eigenvalue weighted by atomic mass is 9.96. The summed E-state index contributed by atoms with van der Waals surface area (Å²) in [5.41, 5.74) is 5.60. The minimum Gasteiger partial charge on any atom is -0.465 e. The highest BCUT2D eigenvalue weighted by Gasteiger charge is 2.17. The standard InChI is InChI=1S/C22H22ClN3O2S/c1-5-17-19(18-13(2)8-6-9-14(18)3)24-22(25-20(17)23)26-29-16-11-7-10-15(12-16)21(27)28-4/h6-12H,5H2,1-4H3,(H,24,25,26). The summed E-state index contributed by atoms with van der Waals surface area (Å²) < 4.78 is 7.92. The fourth-order valence-corrected chi connectivity index (χ4v) is 4.06. The van der Waals surface area contributed by atoms with Crippen LogP contribution in [0.25, 0.3) is 11.3 Å². The van der Waals surface area contributed by atoms with E-state index < -0.39 is 0 Å². The molecule has 0 radical (unpaired) electrons. The number of nitrogens with one attached hydrogen (secondary N) is 1. The molecule has 1 heterocycles. The Labute approximate surface area is 180 Å². The van der Waals surface area contributed by atoms with Gasteiger partial charge in [-0.2, -0.15) is 0 Å². The second kappa shape index (κ2) is 9.29. The molecule has 0 spiro atoms. The monoisotopic (exact) mass is 427 g/mol. The lowest BCUT2D eigenvalue weighted by Gasteiger charge is -2.15. The van der Waals surface area contributed by atoms with Gasteiger partial charge in [0.1, 0.15) is 5.15 Å². The highest BCUT2D eigenvalue weighted by Crippen LogP contribution is 2.33. The van der Waals surface area contributed by atoms with Gasteiger partial charge in [0.2, 0.25) is 5.95 Å². The Morgan fingerprint density at radius 2 is 1.83 bits per heavy atom. The molecule has 7 heteroatoms. The third-order valence-corrected chi connectivity index (χ3v) is 5.63. The van der Waals surface area contributed by atoms with Crippen LogP contribution in [0.5, 0.6) is 0 Å². The molecule has 0 unspecified atom stereocenters. The van der Waals surface area contributed by atoms with Gasteiger partial charge in [-0.3, -0.25) is 4.72 Å². The zero-order chi connectivity index (χ0) is 21.0. The van der Waals surface area contributed by atoms with Gasteiger partial charge in [-0.25, -0.2) is 14.8 Å². The summed E-state index contributed by atoms with van der Waals surface area (Å²) in [6.07, 6.45) is 0.733. The fraction of sp³-hybridized carbons (Fsp3) is 0.227. The molecule has 0 fully saturated rings. The number of carbonyl (C=O) groups excluding carboxylic acids is 1. The van der Waals surface area contributed by atoms with Gasteiger partial charge in [-0.05, 0) is 61.5 Å². The van der Waals surface area contributed by atoms with Gasteiger partial charge in [-0.1, -0.05) is 42.8 Å². The van der Waals surface area contributed by atoms with Crippen molar-refractivity contribution in [3.8, 4) is 11.3 Å². The maximum atomic E-state index is 11.7. The minimum absolute atomic E-state index is 0.378. The van der Waals surface area contributed by atoms with Gasteiger partial charge < -0.3 is 4.74 Å². The Kier molecular flexibility index (Phi) is 6.77. The SMILES string of the molecule is CCc1c(Cl)nc(NSc2cccc(C(=O)OC)c2)nc1-c1c(C)cccc1C. The van der Waals surface area contributed by atoms with E-state index in [4.69, 9.17) is 21.3 Å². The lowest BCUT2D eigenvalue weighted by Crippen LogP contribution is -2.04. The van der Waals surface area contributed by atoms with E-state index in [0.29, 0.717) is 16.7 Å². The van der Waals surface area contributed by atoms with Crippen molar-refractivity contribution in [1.29, 1.82) is 0 Å². The van der Waals surface area contributed by atoms with Gasteiger partial charge in [0.05, 0.1) is 18.4 Å². The van der Waals surface area contributed by atoms with Crippen molar-refractivity contribution < 1.29 is 9.53 Å². The van der Waals surface area contributed by atoms with Gasteiger partial charge in [-0.15, -0.1) is 0 Å². The maximum Gasteiger partial charge on any atom is 0.337 e. The summed E-state index contributed by atoms with van der Waals surface area (Å²) in [5, 5.41) is 0.437. The third kappa shape index (κ3) is 4.71. The second-order valence-corrected chi connectivity index (χ2v) is 7.75. The Morgan fingerprint density at radius 1 is 1.14 bits per heavy atom. The topological polar surface area (TPSA) is 64.1 Å². The summed E-state index contributed by atoms with van der Waals surface area (Å²) in [5.74, 6) is 0.0367. The van der Waals surface area contributed by atoms with Gasteiger partial charge in [0.15, 0.2) is 0 Å². The van der Waals surface area contributed by atoms with E-state index in [2.05, 4.69) is 35.7 Å². The fourth-order valence-electron chi connectivity index (χ4n) is 3.12.